The van der Waals surface area contributed by atoms with Gasteiger partial charge in [0.25, 0.3) is 0 Å². The molecule has 0 radical (unpaired) electrons. The first kappa shape index (κ1) is 36.8. The SMILES string of the molecule is CCCCOC/C(=C/COCCCNC(=O)C(F)(F)F)COC/C(=C/COCCCNC(=O)C(F)(F)F)CC. The number of carbonyl (C=O) groups excluding carboxylic acids is 2. The summed E-state index contributed by atoms with van der Waals surface area (Å²) in [5, 5.41) is 3.55. The van der Waals surface area contributed by atoms with E-state index in [0.29, 0.717) is 26.2 Å². The maximum Gasteiger partial charge on any atom is 0.471 e. The molecule has 8 nitrogen and oxygen atoms in total. The summed E-state index contributed by atoms with van der Waals surface area (Å²) in [7, 11) is 0. The monoisotopic (exact) mass is 578 g/mol. The maximum absolute atomic E-state index is 12.1. The number of hydrogen-bond donors (Lipinski definition) is 2. The molecule has 0 aliphatic carbocycles. The molecule has 0 aromatic rings. The van der Waals surface area contributed by atoms with Crippen molar-refractivity contribution in [3.05, 3.63) is 23.3 Å². The van der Waals surface area contributed by atoms with Crippen LogP contribution in [0.25, 0.3) is 0 Å². The Labute approximate surface area is 225 Å². The zero-order chi connectivity index (χ0) is 29.6. The number of ether oxygens (including phenoxy) is 4. The number of alkyl halides is 6. The van der Waals surface area contributed by atoms with Gasteiger partial charge in [-0.05, 0) is 36.8 Å². The average Bonchev–Trinajstić information content (AvgIpc) is 2.86. The van der Waals surface area contributed by atoms with Gasteiger partial charge in [-0.1, -0.05) is 32.4 Å². The second-order valence-corrected chi connectivity index (χ2v) is 8.34. The molecular formula is C25H40F6N2O6. The number of rotatable bonds is 22. The van der Waals surface area contributed by atoms with Crippen molar-refractivity contribution in [3.8, 4) is 0 Å². The Morgan fingerprint density at radius 2 is 1.08 bits per heavy atom. The molecule has 2 amide bonds. The van der Waals surface area contributed by atoms with Gasteiger partial charge in [0.1, 0.15) is 0 Å². The summed E-state index contributed by atoms with van der Waals surface area (Å²) in [6, 6.07) is 0. The lowest BCUT2D eigenvalue weighted by atomic mass is 10.2. The molecular weight excluding hydrogens is 538 g/mol. The Morgan fingerprint density at radius 3 is 1.54 bits per heavy atom. The highest BCUT2D eigenvalue weighted by atomic mass is 19.4. The second-order valence-electron chi connectivity index (χ2n) is 8.34. The molecule has 0 aliphatic rings. The van der Waals surface area contributed by atoms with E-state index in [9.17, 15) is 35.9 Å². The molecule has 0 bridgehead atoms. The van der Waals surface area contributed by atoms with Gasteiger partial charge in [-0.2, -0.15) is 26.3 Å². The molecule has 0 spiro atoms. The fourth-order valence-corrected chi connectivity index (χ4v) is 2.70. The Hall–Kier alpha value is -2.16. The normalized spacial score (nSPS) is 13.0. The predicted octanol–water partition coefficient (Wildman–Crippen LogP) is 4.25. The fraction of sp³-hybridized carbons (Fsp3) is 0.760. The number of unbranched alkanes of at least 4 members (excludes halogenated alkanes) is 1. The highest BCUT2D eigenvalue weighted by Crippen LogP contribution is 2.14. The van der Waals surface area contributed by atoms with Crippen LogP contribution in [-0.4, -0.2) is 90.1 Å². The molecule has 0 aromatic carbocycles. The maximum atomic E-state index is 12.1. The molecule has 0 heterocycles. The average molecular weight is 579 g/mol. The van der Waals surface area contributed by atoms with Crippen molar-refractivity contribution in [2.45, 2.75) is 58.3 Å². The van der Waals surface area contributed by atoms with E-state index >= 15 is 0 Å². The van der Waals surface area contributed by atoms with E-state index in [1.165, 1.54) is 0 Å². The van der Waals surface area contributed by atoms with Crippen molar-refractivity contribution in [2.24, 2.45) is 0 Å². The lowest BCUT2D eigenvalue weighted by Crippen LogP contribution is -2.37. The van der Waals surface area contributed by atoms with Gasteiger partial charge >= 0.3 is 24.2 Å². The Balaban J connectivity index is 4.35. The third-order valence-electron chi connectivity index (χ3n) is 4.96. The summed E-state index contributed by atoms with van der Waals surface area (Å²) < 4.78 is 94.9. The fourth-order valence-electron chi connectivity index (χ4n) is 2.70. The molecule has 0 fully saturated rings. The minimum atomic E-state index is -4.90. The zero-order valence-corrected chi connectivity index (χ0v) is 22.5. The van der Waals surface area contributed by atoms with E-state index < -0.39 is 24.2 Å². The van der Waals surface area contributed by atoms with E-state index in [1.54, 1.807) is 16.7 Å². The molecule has 0 aliphatic heterocycles. The van der Waals surface area contributed by atoms with Crippen molar-refractivity contribution >= 4 is 11.8 Å². The number of carbonyl (C=O) groups is 2. The van der Waals surface area contributed by atoms with Gasteiger partial charge in [0.2, 0.25) is 0 Å². The van der Waals surface area contributed by atoms with Crippen LogP contribution in [0.2, 0.25) is 0 Å². The quantitative estimate of drug-likeness (QED) is 0.113. The first-order chi connectivity index (χ1) is 18.4. The predicted molar refractivity (Wildman–Crippen MR) is 132 cm³/mol. The summed E-state index contributed by atoms with van der Waals surface area (Å²) in [5.74, 6) is -3.95. The van der Waals surface area contributed by atoms with Crippen LogP contribution in [0.15, 0.2) is 23.3 Å². The Bertz CT molecular complexity index is 742. The highest BCUT2D eigenvalue weighted by Gasteiger charge is 2.38. The summed E-state index contributed by atoms with van der Waals surface area (Å²) >= 11 is 0. The third-order valence-corrected chi connectivity index (χ3v) is 4.96. The Kier molecular flexibility index (Phi) is 20.4. The van der Waals surface area contributed by atoms with Gasteiger partial charge in [-0.15, -0.1) is 0 Å². The largest absolute Gasteiger partial charge is 0.471 e. The minimum Gasteiger partial charge on any atom is -0.377 e. The number of hydrogen-bond acceptors (Lipinski definition) is 6. The molecule has 0 saturated carbocycles. The number of halogens is 6. The molecule has 0 saturated heterocycles. The first-order valence-electron chi connectivity index (χ1n) is 12.8. The highest BCUT2D eigenvalue weighted by molar-refractivity contribution is 5.81. The second kappa shape index (κ2) is 21.6. The molecule has 14 heteroatoms. The topological polar surface area (TPSA) is 95.1 Å². The van der Waals surface area contributed by atoms with Crippen molar-refractivity contribution in [2.75, 3.05) is 65.9 Å². The van der Waals surface area contributed by atoms with Gasteiger partial charge in [0.15, 0.2) is 0 Å². The van der Waals surface area contributed by atoms with Gasteiger partial charge in [-0.3, -0.25) is 9.59 Å². The van der Waals surface area contributed by atoms with E-state index in [1.807, 2.05) is 19.9 Å². The van der Waals surface area contributed by atoms with Crippen LogP contribution < -0.4 is 10.6 Å². The molecule has 2 N–H and O–H groups in total. The molecule has 0 unspecified atom stereocenters. The van der Waals surface area contributed by atoms with Crippen LogP contribution >= 0.6 is 0 Å². The van der Waals surface area contributed by atoms with E-state index in [0.717, 1.165) is 24.0 Å². The van der Waals surface area contributed by atoms with Crippen LogP contribution in [0.5, 0.6) is 0 Å². The van der Waals surface area contributed by atoms with Gasteiger partial charge in [-0.25, -0.2) is 0 Å². The summed E-state index contributed by atoms with van der Waals surface area (Å²) in [4.78, 5) is 21.5. The summed E-state index contributed by atoms with van der Waals surface area (Å²) in [6.45, 7) is 6.02. The van der Waals surface area contributed by atoms with E-state index in [4.69, 9.17) is 18.9 Å². The lowest BCUT2D eigenvalue weighted by molar-refractivity contribution is -0.173. The molecule has 228 valence electrons. The van der Waals surface area contributed by atoms with Crippen molar-refractivity contribution in [1.29, 1.82) is 0 Å². The molecule has 0 rings (SSSR count). The van der Waals surface area contributed by atoms with Gasteiger partial charge in [0, 0.05) is 32.9 Å². The summed E-state index contributed by atoms with van der Waals surface area (Å²) in [6.07, 6.45) is -3.13. The smallest absolute Gasteiger partial charge is 0.377 e. The molecule has 0 atom stereocenters. The van der Waals surface area contributed by atoms with Crippen LogP contribution in [0.4, 0.5) is 26.3 Å². The Morgan fingerprint density at radius 1 is 0.641 bits per heavy atom. The lowest BCUT2D eigenvalue weighted by Gasteiger charge is -2.12. The number of amides is 2. The van der Waals surface area contributed by atoms with Gasteiger partial charge < -0.3 is 29.6 Å². The number of nitrogens with one attached hydrogen (secondary N) is 2. The molecule has 39 heavy (non-hydrogen) atoms. The minimum absolute atomic E-state index is 0.139. The molecule has 0 aromatic heterocycles. The van der Waals surface area contributed by atoms with Crippen LogP contribution in [-0.2, 0) is 28.5 Å². The summed E-state index contributed by atoms with van der Waals surface area (Å²) in [5.41, 5.74) is 1.80. The van der Waals surface area contributed by atoms with E-state index in [-0.39, 0.29) is 59.0 Å². The third kappa shape index (κ3) is 21.4. The van der Waals surface area contributed by atoms with Crippen LogP contribution in [0.3, 0.4) is 0 Å². The van der Waals surface area contributed by atoms with Crippen molar-refractivity contribution in [1.82, 2.24) is 10.6 Å². The standard InChI is InChI=1S/C25H40F6N2O6/c1-3-5-12-38-18-21(9-16-37-14-7-11-33-23(35)25(29,30)31)19-39-17-20(4-2)8-15-36-13-6-10-32-22(34)24(26,27)28/h8-9H,3-7,10-19H2,1-2H3,(H,32,34)(H,33,35)/b20-8+,21-9-. The zero-order valence-electron chi connectivity index (χ0n) is 22.5. The van der Waals surface area contributed by atoms with Crippen LogP contribution in [0, 0.1) is 0 Å². The van der Waals surface area contributed by atoms with Gasteiger partial charge in [0.05, 0.1) is 33.0 Å². The first-order valence-corrected chi connectivity index (χ1v) is 12.8. The van der Waals surface area contributed by atoms with E-state index in [2.05, 4.69) is 0 Å². The van der Waals surface area contributed by atoms with Crippen molar-refractivity contribution < 1.29 is 54.9 Å². The van der Waals surface area contributed by atoms with Crippen molar-refractivity contribution in [3.63, 3.8) is 0 Å². The van der Waals surface area contributed by atoms with Crippen LogP contribution in [0.1, 0.15) is 46.0 Å².